The fraction of sp³-hybridized carbons (Fsp3) is 0.0714. The molecule has 0 aliphatic heterocycles. The van der Waals surface area contributed by atoms with E-state index in [0.717, 1.165) is 30.3 Å². The molecule has 9 N–H and O–H groups in total. The number of carboxylic acid groups (broad SMARTS) is 1. The van der Waals surface area contributed by atoms with Crippen molar-refractivity contribution >= 4 is 11.8 Å². The van der Waals surface area contributed by atoms with E-state index >= 15 is 0 Å². The van der Waals surface area contributed by atoms with Gasteiger partial charge in [0, 0.05) is 36.8 Å². The molecule has 0 bridgehead atoms. The summed E-state index contributed by atoms with van der Waals surface area (Å²) in [6.45, 7) is 0. The van der Waals surface area contributed by atoms with Crippen LogP contribution in [0.4, 0.5) is 0 Å². The number of ketones is 1. The van der Waals surface area contributed by atoms with Gasteiger partial charge in [0.1, 0.15) is 51.6 Å². The van der Waals surface area contributed by atoms with Crippen molar-refractivity contribution in [3.8, 4) is 46.0 Å². The molecule has 0 spiro atoms. The Morgan fingerprint density at radius 3 is 1.15 bits per heavy atom. The Kier molecular flexibility index (Phi) is 10.4. The molecule has 0 fully saturated rings. The van der Waals surface area contributed by atoms with Crippen LogP contribution >= 0.6 is 0 Å². The number of carbonyl (C=O) groups is 2. The molecule has 0 aliphatic carbocycles. The highest BCUT2D eigenvalue weighted by atomic mass is 16.4. The molecule has 11 nitrogen and oxygen atoms in total. The van der Waals surface area contributed by atoms with E-state index in [0.29, 0.717) is 11.1 Å². The summed E-state index contributed by atoms with van der Waals surface area (Å²) in [7, 11) is 0. The second-order valence-electron chi connectivity index (χ2n) is 8.07. The van der Waals surface area contributed by atoms with Crippen LogP contribution in [-0.2, 0) is 17.6 Å². The third-order valence-corrected chi connectivity index (χ3v) is 4.84. The van der Waals surface area contributed by atoms with Gasteiger partial charge in [0.05, 0.1) is 6.42 Å². The van der Waals surface area contributed by atoms with Gasteiger partial charge in [-0.3, -0.25) is 9.59 Å². The summed E-state index contributed by atoms with van der Waals surface area (Å²) in [5.41, 5.74) is 1.09. The molecule has 0 atom stereocenters. The van der Waals surface area contributed by atoms with E-state index in [2.05, 4.69) is 0 Å². The average Bonchev–Trinajstić information content (AvgIpc) is 2.81. The molecule has 0 radical (unpaired) electrons. The fourth-order valence-electron chi connectivity index (χ4n) is 3.14. The second-order valence-corrected chi connectivity index (χ2v) is 8.07. The Balaban J connectivity index is 0.000000226. The highest BCUT2D eigenvalue weighted by Gasteiger charge is 2.18. The molecule has 0 unspecified atom stereocenters. The Labute approximate surface area is 222 Å². The van der Waals surface area contributed by atoms with Crippen LogP contribution in [0.1, 0.15) is 21.5 Å². The lowest BCUT2D eigenvalue weighted by Crippen LogP contribution is -2.04. The highest BCUT2D eigenvalue weighted by molar-refractivity contribution is 6.02. The molecule has 204 valence electrons. The smallest absolute Gasteiger partial charge is 0.307 e. The predicted molar refractivity (Wildman–Crippen MR) is 138 cm³/mol. The maximum Gasteiger partial charge on any atom is 0.307 e. The normalized spacial score (nSPS) is 9.85. The molecule has 0 heterocycles. The van der Waals surface area contributed by atoms with E-state index in [1.807, 2.05) is 0 Å². The third-order valence-electron chi connectivity index (χ3n) is 4.84. The van der Waals surface area contributed by atoms with Gasteiger partial charge in [0.2, 0.25) is 0 Å². The molecule has 0 amide bonds. The van der Waals surface area contributed by atoms with Crippen LogP contribution in [0.15, 0.2) is 78.9 Å². The molecule has 4 rings (SSSR count). The molecule has 0 saturated carbocycles. The minimum Gasteiger partial charge on any atom is -0.508 e. The van der Waals surface area contributed by atoms with Gasteiger partial charge in [-0.05, 0) is 35.4 Å². The predicted octanol–water partition coefficient (Wildman–Crippen LogP) is 3.76. The van der Waals surface area contributed by atoms with E-state index in [4.69, 9.17) is 35.7 Å². The first-order chi connectivity index (χ1) is 18.3. The highest BCUT2D eigenvalue weighted by Crippen LogP contribution is 2.33. The molecule has 0 saturated heterocycles. The van der Waals surface area contributed by atoms with Crippen molar-refractivity contribution in [3.63, 3.8) is 0 Å². The second kappa shape index (κ2) is 13.7. The van der Waals surface area contributed by atoms with E-state index in [9.17, 15) is 19.8 Å². The zero-order valence-electron chi connectivity index (χ0n) is 20.3. The van der Waals surface area contributed by atoms with Gasteiger partial charge in [-0.25, -0.2) is 0 Å². The van der Waals surface area contributed by atoms with Crippen molar-refractivity contribution < 1.29 is 55.5 Å². The Morgan fingerprint density at radius 2 is 0.795 bits per heavy atom. The first kappa shape index (κ1) is 29.6. The maximum absolute atomic E-state index is 12.0. The number of phenols is 8. The van der Waals surface area contributed by atoms with Gasteiger partial charge in [0.25, 0.3) is 0 Å². The van der Waals surface area contributed by atoms with Crippen LogP contribution in [-0.4, -0.2) is 57.7 Å². The summed E-state index contributed by atoms with van der Waals surface area (Å²) in [5.74, 6) is -2.81. The van der Waals surface area contributed by atoms with Crippen LogP contribution in [0.3, 0.4) is 0 Å². The lowest BCUT2D eigenvalue weighted by atomic mass is 10.0. The summed E-state index contributed by atoms with van der Waals surface area (Å²) < 4.78 is 0. The van der Waals surface area contributed by atoms with Gasteiger partial charge in [-0.2, -0.15) is 0 Å². The number of benzene rings is 4. The first-order valence-electron chi connectivity index (χ1n) is 11.1. The Bertz CT molecular complexity index is 1340. The molecular formula is C28H26O11. The number of carbonyl (C=O) groups excluding carboxylic acids is 1. The number of carboxylic acids is 1. The van der Waals surface area contributed by atoms with E-state index < -0.39 is 23.3 Å². The molecule has 0 aromatic heterocycles. The number of phenolic OH excluding ortho intramolecular Hbond substituents is 8. The van der Waals surface area contributed by atoms with Crippen molar-refractivity contribution in [2.24, 2.45) is 0 Å². The standard InChI is InChI=1S/C14H12O5.C8H8O3.C6H6O3/c15-9-3-1-8(2-4-9)5-11(17)14-12(18)6-10(16)7-13(14)19;9-7-3-1-6(2-4-7)5-8(10)11;7-4-1-5(8)3-6(9)2-4/h1-4,6-7,15-16,18-19H,5H2;1-4,9H,5H2,(H,10,11);1-3,7-9H. The third kappa shape index (κ3) is 10.1. The summed E-state index contributed by atoms with van der Waals surface area (Å²) in [4.78, 5) is 22.2. The number of hydrogen-bond donors (Lipinski definition) is 9. The average molecular weight is 539 g/mol. The minimum absolute atomic E-state index is 0.000278. The van der Waals surface area contributed by atoms with Crippen LogP contribution in [0.25, 0.3) is 0 Å². The fourth-order valence-corrected chi connectivity index (χ4v) is 3.14. The SMILES string of the molecule is O=C(Cc1ccc(O)cc1)c1c(O)cc(O)cc1O.O=C(O)Cc1ccc(O)cc1.Oc1cc(O)cc(O)c1. The van der Waals surface area contributed by atoms with Crippen LogP contribution < -0.4 is 0 Å². The van der Waals surface area contributed by atoms with E-state index in [1.54, 1.807) is 24.3 Å². The molecule has 4 aromatic carbocycles. The van der Waals surface area contributed by atoms with Crippen molar-refractivity contribution in [2.45, 2.75) is 12.8 Å². The summed E-state index contributed by atoms with van der Waals surface area (Å²) >= 11 is 0. The van der Waals surface area contributed by atoms with Crippen molar-refractivity contribution in [1.82, 2.24) is 0 Å². The number of aliphatic carboxylic acids is 1. The minimum atomic E-state index is -0.865. The monoisotopic (exact) mass is 538 g/mol. The molecule has 0 aliphatic rings. The van der Waals surface area contributed by atoms with Gasteiger partial charge < -0.3 is 46.0 Å². The van der Waals surface area contributed by atoms with Gasteiger partial charge >= 0.3 is 5.97 Å². The summed E-state index contributed by atoms with van der Waals surface area (Å²) in [6.07, 6.45) is -0.0353. The van der Waals surface area contributed by atoms with Gasteiger partial charge in [0.15, 0.2) is 5.78 Å². The first-order valence-corrected chi connectivity index (χ1v) is 11.1. The van der Waals surface area contributed by atoms with Crippen molar-refractivity contribution in [2.75, 3.05) is 0 Å². The Morgan fingerprint density at radius 1 is 0.462 bits per heavy atom. The topological polar surface area (TPSA) is 216 Å². The van der Waals surface area contributed by atoms with Gasteiger partial charge in [-0.15, -0.1) is 0 Å². The van der Waals surface area contributed by atoms with Crippen LogP contribution in [0, 0.1) is 0 Å². The lowest BCUT2D eigenvalue weighted by Gasteiger charge is -2.07. The maximum atomic E-state index is 12.0. The zero-order chi connectivity index (χ0) is 29.1. The molecular weight excluding hydrogens is 512 g/mol. The van der Waals surface area contributed by atoms with Crippen molar-refractivity contribution in [1.29, 1.82) is 0 Å². The largest absolute Gasteiger partial charge is 0.508 e. The summed E-state index contributed by atoms with van der Waals surface area (Å²) in [5, 5.41) is 80.7. The van der Waals surface area contributed by atoms with E-state index in [1.165, 1.54) is 24.3 Å². The number of aromatic hydroxyl groups is 8. The van der Waals surface area contributed by atoms with E-state index in [-0.39, 0.29) is 52.9 Å². The molecule has 39 heavy (non-hydrogen) atoms. The number of hydrogen-bond acceptors (Lipinski definition) is 10. The molecule has 11 heteroatoms. The lowest BCUT2D eigenvalue weighted by molar-refractivity contribution is -0.136. The van der Waals surface area contributed by atoms with Crippen LogP contribution in [0.5, 0.6) is 46.0 Å². The van der Waals surface area contributed by atoms with Gasteiger partial charge in [-0.1, -0.05) is 24.3 Å². The van der Waals surface area contributed by atoms with Crippen molar-refractivity contribution in [3.05, 3.63) is 95.6 Å². The quantitative estimate of drug-likeness (QED) is 0.167. The summed E-state index contributed by atoms with van der Waals surface area (Å²) in [6, 6.07) is 17.5. The van der Waals surface area contributed by atoms with Crippen LogP contribution in [0.2, 0.25) is 0 Å². The zero-order valence-corrected chi connectivity index (χ0v) is 20.3. The Hall–Kier alpha value is -5.58. The number of rotatable bonds is 5. The number of Topliss-reactive ketones (excluding diaryl/α,β-unsaturated/α-hetero) is 1. The molecule has 4 aromatic rings.